The topological polar surface area (TPSA) is 81.2 Å². The molecule has 2 aromatic rings. The van der Waals surface area contributed by atoms with Crippen LogP contribution >= 0.6 is 0 Å². The van der Waals surface area contributed by atoms with Crippen LogP contribution in [-0.2, 0) is 4.74 Å². The Kier molecular flexibility index (Phi) is 7.41. The number of amides is 2. The van der Waals surface area contributed by atoms with Gasteiger partial charge in [-0.2, -0.15) is 13.2 Å². The van der Waals surface area contributed by atoms with Crippen LogP contribution in [0.3, 0.4) is 0 Å². The molecule has 3 aliphatic heterocycles. The van der Waals surface area contributed by atoms with E-state index < -0.39 is 30.7 Å². The summed E-state index contributed by atoms with van der Waals surface area (Å²) in [4.78, 5) is 23.5. The van der Waals surface area contributed by atoms with Crippen molar-refractivity contribution in [3.63, 3.8) is 0 Å². The highest BCUT2D eigenvalue weighted by Crippen LogP contribution is 2.35. The Labute approximate surface area is 220 Å². The molecule has 0 bridgehead atoms. The summed E-state index contributed by atoms with van der Waals surface area (Å²) in [7, 11) is 0. The lowest BCUT2D eigenvalue weighted by Gasteiger charge is -2.44. The normalized spacial score (nSPS) is 23.9. The van der Waals surface area contributed by atoms with Gasteiger partial charge in [0.05, 0.1) is 25.4 Å². The average Bonchev–Trinajstić information content (AvgIpc) is 3.35. The minimum absolute atomic E-state index is 0.0383. The minimum atomic E-state index is -4.22. The van der Waals surface area contributed by atoms with E-state index in [-0.39, 0.29) is 12.6 Å². The van der Waals surface area contributed by atoms with Crippen LogP contribution in [-0.4, -0.2) is 85.3 Å². The van der Waals surface area contributed by atoms with Gasteiger partial charge in [-0.25, -0.2) is 9.78 Å². The molecule has 0 unspecified atom stereocenters. The maximum absolute atomic E-state index is 12.9. The van der Waals surface area contributed by atoms with Gasteiger partial charge in [-0.1, -0.05) is 6.07 Å². The molecule has 2 N–H and O–H groups in total. The number of carbonyl (C=O) groups is 1. The van der Waals surface area contributed by atoms with Crippen molar-refractivity contribution in [2.24, 2.45) is 5.92 Å². The third-order valence-electron chi connectivity index (χ3n) is 7.75. The molecule has 0 spiro atoms. The number of hydrogen-bond acceptors (Lipinski definition) is 6. The Morgan fingerprint density at radius 3 is 2.55 bits per heavy atom. The molecule has 3 atom stereocenters. The lowest BCUT2D eigenvalue weighted by molar-refractivity contribution is -0.143. The van der Waals surface area contributed by atoms with Gasteiger partial charge in [0, 0.05) is 44.8 Å². The largest absolute Gasteiger partial charge is 0.389 e. The first kappa shape index (κ1) is 26.6. The quantitative estimate of drug-likeness (QED) is 0.598. The number of aryl methyl sites for hydroxylation is 1. The molecule has 0 aliphatic carbocycles. The van der Waals surface area contributed by atoms with Gasteiger partial charge in [0.1, 0.15) is 11.6 Å². The number of aliphatic hydroxyl groups is 1. The number of nitrogens with one attached hydrogen (secondary N) is 1. The number of anilines is 3. The zero-order valence-electron chi connectivity index (χ0n) is 21.7. The Morgan fingerprint density at radius 1 is 1.13 bits per heavy atom. The number of likely N-dealkylation sites (tertiary alicyclic amines) is 1. The van der Waals surface area contributed by atoms with Crippen LogP contribution in [0.5, 0.6) is 0 Å². The van der Waals surface area contributed by atoms with Gasteiger partial charge in [-0.15, -0.1) is 0 Å². The fourth-order valence-corrected chi connectivity index (χ4v) is 5.38. The number of morpholine rings is 1. The summed E-state index contributed by atoms with van der Waals surface area (Å²) >= 11 is 0. The summed E-state index contributed by atoms with van der Waals surface area (Å²) in [5, 5.41) is 13.0. The lowest BCUT2D eigenvalue weighted by Crippen LogP contribution is -2.59. The number of ether oxygens (including phenoxy) is 1. The van der Waals surface area contributed by atoms with Gasteiger partial charge in [0.2, 0.25) is 0 Å². The summed E-state index contributed by atoms with van der Waals surface area (Å²) < 4.78 is 43.8. The molecule has 5 rings (SSSR count). The molecule has 3 aliphatic rings. The summed E-state index contributed by atoms with van der Waals surface area (Å²) in [5.74, 6) is 1.05. The first-order valence-corrected chi connectivity index (χ1v) is 13.1. The zero-order chi connectivity index (χ0) is 27.0. The molecule has 2 amide bonds. The lowest BCUT2D eigenvalue weighted by atomic mass is 9.98. The summed E-state index contributed by atoms with van der Waals surface area (Å²) in [6, 6.07) is 9.23. The number of pyridine rings is 1. The number of urea groups is 1. The second-order valence-electron chi connectivity index (χ2n) is 10.5. The number of rotatable bonds is 5. The molecule has 4 heterocycles. The van der Waals surface area contributed by atoms with E-state index in [0.717, 1.165) is 41.4 Å². The zero-order valence-corrected chi connectivity index (χ0v) is 21.7. The fourth-order valence-electron chi connectivity index (χ4n) is 5.38. The van der Waals surface area contributed by atoms with Crippen molar-refractivity contribution < 1.29 is 27.8 Å². The number of aromatic nitrogens is 1. The van der Waals surface area contributed by atoms with Gasteiger partial charge < -0.3 is 29.9 Å². The maximum atomic E-state index is 12.9. The molecule has 0 radical (unpaired) electrons. The number of nitrogens with zero attached hydrogens (tertiary/aromatic N) is 4. The number of halogens is 3. The molecular weight excluding hydrogens is 499 g/mol. The molecule has 8 nitrogen and oxygen atoms in total. The Hall–Kier alpha value is -3.05. The van der Waals surface area contributed by atoms with Crippen molar-refractivity contribution in [2.45, 2.75) is 45.0 Å². The predicted molar refractivity (Wildman–Crippen MR) is 140 cm³/mol. The van der Waals surface area contributed by atoms with E-state index >= 15 is 0 Å². The summed E-state index contributed by atoms with van der Waals surface area (Å²) in [5.41, 5.74) is 3.45. The van der Waals surface area contributed by atoms with Crippen molar-refractivity contribution in [3.8, 4) is 11.1 Å². The molecule has 1 aromatic carbocycles. The van der Waals surface area contributed by atoms with Crippen molar-refractivity contribution in [2.75, 3.05) is 61.1 Å². The van der Waals surface area contributed by atoms with Gasteiger partial charge in [-0.05, 0) is 67.1 Å². The van der Waals surface area contributed by atoms with E-state index in [4.69, 9.17) is 9.72 Å². The molecule has 11 heteroatoms. The highest BCUT2D eigenvalue weighted by atomic mass is 19.4. The molecule has 38 heavy (non-hydrogen) atoms. The highest BCUT2D eigenvalue weighted by molar-refractivity contribution is 5.91. The van der Waals surface area contributed by atoms with Crippen LogP contribution in [0, 0.1) is 12.8 Å². The second kappa shape index (κ2) is 10.6. The molecule has 206 valence electrons. The number of hydrogen-bond donors (Lipinski definition) is 2. The van der Waals surface area contributed by atoms with Gasteiger partial charge in [0.15, 0.2) is 0 Å². The van der Waals surface area contributed by atoms with E-state index in [9.17, 15) is 23.1 Å². The average molecular weight is 534 g/mol. The molecular formula is C27H34F3N5O3. The molecule has 3 saturated heterocycles. The van der Waals surface area contributed by atoms with Crippen molar-refractivity contribution in [3.05, 3.63) is 35.9 Å². The van der Waals surface area contributed by atoms with Crippen molar-refractivity contribution in [1.82, 2.24) is 9.88 Å². The monoisotopic (exact) mass is 533 g/mol. The first-order valence-electron chi connectivity index (χ1n) is 13.1. The molecule has 0 saturated carbocycles. The number of β-amino-alcohol motifs (C(OH)–C–C–N with tert-alkyl or cyclic N) is 1. The van der Waals surface area contributed by atoms with Crippen molar-refractivity contribution >= 4 is 23.4 Å². The Bertz CT molecular complexity index is 1150. The van der Waals surface area contributed by atoms with E-state index in [0.29, 0.717) is 38.4 Å². The van der Waals surface area contributed by atoms with Crippen LogP contribution < -0.4 is 15.1 Å². The van der Waals surface area contributed by atoms with Crippen LogP contribution in [0.15, 0.2) is 30.3 Å². The highest BCUT2D eigenvalue weighted by Gasteiger charge is 2.37. The van der Waals surface area contributed by atoms with Gasteiger partial charge in [-0.3, -0.25) is 0 Å². The van der Waals surface area contributed by atoms with Gasteiger partial charge in [0.25, 0.3) is 0 Å². The number of aliphatic hydroxyl groups excluding tert-OH is 1. The SMILES string of the molecule is Cc1ccc(NC(=O)N2CC[C@@H](CC(F)(F)F)C2)cc1-c1cc(N2CCOCC2)nc(N2C[C@H](O)[C@H]2C)c1. The number of alkyl halides is 3. The number of carbonyl (C=O) groups excluding carboxylic acids is 1. The van der Waals surface area contributed by atoms with Crippen LogP contribution in [0.2, 0.25) is 0 Å². The molecule has 1 aromatic heterocycles. The third kappa shape index (κ3) is 5.83. The van der Waals surface area contributed by atoms with Crippen LogP contribution in [0.1, 0.15) is 25.3 Å². The Balaban J connectivity index is 1.38. The summed E-state index contributed by atoms with van der Waals surface area (Å²) in [6.45, 7) is 7.59. The first-order chi connectivity index (χ1) is 18.1. The second-order valence-corrected chi connectivity index (χ2v) is 10.5. The predicted octanol–water partition coefficient (Wildman–Crippen LogP) is 4.27. The summed E-state index contributed by atoms with van der Waals surface area (Å²) in [6.07, 6.45) is -5.14. The van der Waals surface area contributed by atoms with Crippen LogP contribution in [0.25, 0.3) is 11.1 Å². The van der Waals surface area contributed by atoms with Crippen LogP contribution in [0.4, 0.5) is 35.3 Å². The standard InChI is InChI=1S/C27H34F3N5O3/c1-17-3-4-21(31-26(37)34-6-5-19(15-34)14-27(28,29)30)13-22(17)20-11-24(33-7-9-38-10-8-33)32-25(12-20)35-16-23(36)18(35)2/h3-4,11-13,18-19,23,36H,5-10,14-16H2,1-2H3,(H,31,37)/t18-,19+,23+/m1/s1. The van der Waals surface area contributed by atoms with E-state index in [1.807, 2.05) is 38.1 Å². The molecule has 3 fully saturated rings. The van der Waals surface area contributed by atoms with E-state index in [1.54, 1.807) is 6.07 Å². The Morgan fingerprint density at radius 2 is 1.87 bits per heavy atom. The van der Waals surface area contributed by atoms with E-state index in [1.165, 1.54) is 4.90 Å². The third-order valence-corrected chi connectivity index (χ3v) is 7.75. The number of benzene rings is 1. The minimum Gasteiger partial charge on any atom is -0.389 e. The smallest absolute Gasteiger partial charge is 0.389 e. The van der Waals surface area contributed by atoms with E-state index in [2.05, 4.69) is 15.1 Å². The van der Waals surface area contributed by atoms with Gasteiger partial charge >= 0.3 is 12.2 Å². The maximum Gasteiger partial charge on any atom is 0.389 e. The van der Waals surface area contributed by atoms with Crippen molar-refractivity contribution in [1.29, 1.82) is 0 Å². The fraction of sp³-hybridized carbons (Fsp3) is 0.556.